The molecule has 0 aromatic heterocycles. The fourth-order valence-corrected chi connectivity index (χ4v) is 5.92. The van der Waals surface area contributed by atoms with Gasteiger partial charge in [-0.05, 0) is 34.6 Å². The van der Waals surface area contributed by atoms with Crippen molar-refractivity contribution < 1.29 is 24.2 Å². The standard InChI is InChI=1S/C26H30N2O5S/c1-16-28(22(14-34-16)24(30)31)23(29)12-26(2,3)15-27-25(32)33-13-21-19-10-6-4-8-17(19)18-9-5-7-11-20(18)21/h4-11,16,21-22H,12-15H2,1-3H3,(H,27,32)(H,30,31). The maximum absolute atomic E-state index is 12.9. The van der Waals surface area contributed by atoms with Gasteiger partial charge in [-0.3, -0.25) is 4.79 Å². The Morgan fingerprint density at radius 2 is 1.68 bits per heavy atom. The lowest BCUT2D eigenvalue weighted by Crippen LogP contribution is -2.47. The van der Waals surface area contributed by atoms with Gasteiger partial charge in [0.25, 0.3) is 0 Å². The van der Waals surface area contributed by atoms with Crippen molar-refractivity contribution in [2.24, 2.45) is 5.41 Å². The first kappa shape index (κ1) is 24.1. The minimum absolute atomic E-state index is 0.0187. The predicted molar refractivity (Wildman–Crippen MR) is 132 cm³/mol. The van der Waals surface area contributed by atoms with E-state index in [9.17, 15) is 19.5 Å². The number of amides is 2. The number of rotatable bonds is 7. The molecular weight excluding hydrogens is 452 g/mol. The molecule has 180 valence electrons. The molecule has 2 N–H and O–H groups in total. The lowest BCUT2D eigenvalue weighted by atomic mass is 9.88. The van der Waals surface area contributed by atoms with Crippen molar-refractivity contribution in [2.75, 3.05) is 18.9 Å². The summed E-state index contributed by atoms with van der Waals surface area (Å²) in [6.45, 7) is 6.05. The molecule has 0 saturated carbocycles. The molecule has 8 heteroatoms. The van der Waals surface area contributed by atoms with Crippen molar-refractivity contribution in [3.63, 3.8) is 0 Å². The van der Waals surface area contributed by atoms with Gasteiger partial charge in [-0.2, -0.15) is 0 Å². The highest BCUT2D eigenvalue weighted by atomic mass is 32.2. The van der Waals surface area contributed by atoms with Gasteiger partial charge in [0.1, 0.15) is 12.6 Å². The molecule has 1 fully saturated rings. The number of carbonyl (C=O) groups is 3. The van der Waals surface area contributed by atoms with Crippen molar-refractivity contribution in [1.29, 1.82) is 0 Å². The van der Waals surface area contributed by atoms with Gasteiger partial charge in [0.2, 0.25) is 5.91 Å². The van der Waals surface area contributed by atoms with Crippen LogP contribution in [0.2, 0.25) is 0 Å². The Morgan fingerprint density at radius 1 is 1.09 bits per heavy atom. The van der Waals surface area contributed by atoms with E-state index in [1.807, 2.05) is 45.0 Å². The van der Waals surface area contributed by atoms with Crippen LogP contribution in [-0.4, -0.2) is 58.3 Å². The summed E-state index contributed by atoms with van der Waals surface area (Å²) >= 11 is 1.46. The van der Waals surface area contributed by atoms with Gasteiger partial charge in [-0.1, -0.05) is 62.4 Å². The topological polar surface area (TPSA) is 95.9 Å². The number of benzene rings is 2. The summed E-state index contributed by atoms with van der Waals surface area (Å²) in [6.07, 6.45) is -0.401. The largest absolute Gasteiger partial charge is 0.480 e. The van der Waals surface area contributed by atoms with Gasteiger partial charge >= 0.3 is 12.1 Å². The Hall–Kier alpha value is -3.00. The number of nitrogens with one attached hydrogen (secondary N) is 1. The van der Waals surface area contributed by atoms with Crippen LogP contribution >= 0.6 is 11.8 Å². The second-order valence-electron chi connectivity index (χ2n) is 9.61. The van der Waals surface area contributed by atoms with E-state index >= 15 is 0 Å². The third-order valence-corrected chi connectivity index (χ3v) is 7.70. The number of alkyl carbamates (subject to hydrolysis) is 1. The first-order valence-corrected chi connectivity index (χ1v) is 12.5. The number of nitrogens with zero attached hydrogens (tertiary/aromatic N) is 1. The number of carboxylic acid groups (broad SMARTS) is 1. The summed E-state index contributed by atoms with van der Waals surface area (Å²) in [5, 5.41) is 12.0. The summed E-state index contributed by atoms with van der Waals surface area (Å²) in [5.74, 6) is -0.834. The molecule has 2 aromatic carbocycles. The van der Waals surface area contributed by atoms with E-state index in [0.717, 1.165) is 11.1 Å². The highest BCUT2D eigenvalue weighted by Gasteiger charge is 2.41. The van der Waals surface area contributed by atoms with Crippen LogP contribution in [0.5, 0.6) is 0 Å². The molecule has 7 nitrogen and oxygen atoms in total. The zero-order valence-electron chi connectivity index (χ0n) is 19.6. The number of hydrogen-bond donors (Lipinski definition) is 2. The number of hydrogen-bond acceptors (Lipinski definition) is 5. The Bertz CT molecular complexity index is 1060. The Labute approximate surface area is 203 Å². The maximum atomic E-state index is 12.9. The third kappa shape index (κ3) is 4.92. The first-order chi connectivity index (χ1) is 16.2. The molecule has 2 unspecified atom stereocenters. The Morgan fingerprint density at radius 3 is 2.26 bits per heavy atom. The van der Waals surface area contributed by atoms with E-state index < -0.39 is 23.5 Å². The van der Waals surface area contributed by atoms with E-state index in [1.165, 1.54) is 27.8 Å². The van der Waals surface area contributed by atoms with Crippen LogP contribution in [0.3, 0.4) is 0 Å². The quantitative estimate of drug-likeness (QED) is 0.610. The average Bonchev–Trinajstić information content (AvgIpc) is 3.34. The molecular formula is C26H30N2O5S. The molecule has 2 atom stereocenters. The number of carbonyl (C=O) groups excluding carboxylic acids is 2. The van der Waals surface area contributed by atoms with E-state index in [0.29, 0.717) is 5.75 Å². The lowest BCUT2D eigenvalue weighted by Gasteiger charge is -2.30. The molecule has 1 saturated heterocycles. The monoisotopic (exact) mass is 482 g/mol. The van der Waals surface area contributed by atoms with Gasteiger partial charge in [-0.15, -0.1) is 11.8 Å². The van der Waals surface area contributed by atoms with Crippen LogP contribution in [0.25, 0.3) is 11.1 Å². The maximum Gasteiger partial charge on any atom is 0.407 e. The second kappa shape index (κ2) is 9.70. The molecule has 34 heavy (non-hydrogen) atoms. The van der Waals surface area contributed by atoms with E-state index in [4.69, 9.17) is 4.74 Å². The second-order valence-corrected chi connectivity index (χ2v) is 11.0. The average molecular weight is 483 g/mol. The zero-order valence-corrected chi connectivity index (χ0v) is 20.4. The van der Waals surface area contributed by atoms with Crippen molar-refractivity contribution in [2.45, 2.75) is 44.5 Å². The van der Waals surface area contributed by atoms with Crippen molar-refractivity contribution in [3.05, 3.63) is 59.7 Å². The summed E-state index contributed by atoms with van der Waals surface area (Å²) in [6, 6.07) is 15.5. The molecule has 0 spiro atoms. The minimum atomic E-state index is -0.986. The Kier molecular flexibility index (Phi) is 6.89. The number of fused-ring (bicyclic) bond motifs is 3. The van der Waals surface area contributed by atoms with E-state index in [-0.39, 0.29) is 36.8 Å². The molecule has 2 amide bonds. The highest BCUT2D eigenvalue weighted by molar-refractivity contribution is 8.00. The van der Waals surface area contributed by atoms with E-state index in [1.54, 1.807) is 0 Å². The van der Waals surface area contributed by atoms with Crippen LogP contribution in [-0.2, 0) is 14.3 Å². The summed E-state index contributed by atoms with van der Waals surface area (Å²) in [4.78, 5) is 38.3. The SMILES string of the molecule is CC1SCC(C(=O)O)N1C(=O)CC(C)(C)CNC(=O)OCC1c2ccccc2-c2ccccc21. The normalized spacial score (nSPS) is 19.4. The first-order valence-electron chi connectivity index (χ1n) is 11.4. The number of thioether (sulfide) groups is 1. The zero-order chi connectivity index (χ0) is 24.5. The van der Waals surface area contributed by atoms with Crippen LogP contribution in [0.15, 0.2) is 48.5 Å². The molecule has 1 heterocycles. The van der Waals surface area contributed by atoms with Crippen LogP contribution in [0.4, 0.5) is 4.79 Å². The highest BCUT2D eigenvalue weighted by Crippen LogP contribution is 2.44. The van der Waals surface area contributed by atoms with Crippen molar-refractivity contribution in [3.8, 4) is 11.1 Å². The molecule has 4 rings (SSSR count). The van der Waals surface area contributed by atoms with Gasteiger partial charge in [0, 0.05) is 24.6 Å². The van der Waals surface area contributed by atoms with E-state index in [2.05, 4.69) is 29.6 Å². The summed E-state index contributed by atoms with van der Waals surface area (Å²) in [7, 11) is 0. The van der Waals surface area contributed by atoms with Gasteiger partial charge in [-0.25, -0.2) is 9.59 Å². The molecule has 0 radical (unpaired) electrons. The van der Waals surface area contributed by atoms with Crippen LogP contribution in [0, 0.1) is 5.41 Å². The van der Waals surface area contributed by atoms with Crippen LogP contribution < -0.4 is 5.32 Å². The summed E-state index contributed by atoms with van der Waals surface area (Å²) < 4.78 is 5.58. The smallest absolute Gasteiger partial charge is 0.407 e. The molecule has 0 bridgehead atoms. The number of carboxylic acids is 1. The number of aliphatic carboxylic acids is 1. The minimum Gasteiger partial charge on any atom is -0.480 e. The molecule has 1 aliphatic carbocycles. The fourth-order valence-electron chi connectivity index (χ4n) is 4.74. The number of ether oxygens (including phenoxy) is 1. The fraction of sp³-hybridized carbons (Fsp3) is 0.423. The van der Waals surface area contributed by atoms with Crippen molar-refractivity contribution in [1.82, 2.24) is 10.2 Å². The van der Waals surface area contributed by atoms with Crippen LogP contribution in [0.1, 0.15) is 44.2 Å². The van der Waals surface area contributed by atoms with Gasteiger partial charge in [0.15, 0.2) is 0 Å². The third-order valence-electron chi connectivity index (χ3n) is 6.48. The lowest BCUT2D eigenvalue weighted by molar-refractivity contribution is -0.149. The predicted octanol–water partition coefficient (Wildman–Crippen LogP) is 4.32. The van der Waals surface area contributed by atoms with Gasteiger partial charge < -0.3 is 20.1 Å². The van der Waals surface area contributed by atoms with Gasteiger partial charge in [0.05, 0.1) is 5.37 Å². The molecule has 2 aliphatic rings. The molecule has 1 aliphatic heterocycles. The Balaban J connectivity index is 1.32. The molecule has 2 aromatic rings. The summed E-state index contributed by atoms with van der Waals surface area (Å²) in [5.41, 5.74) is 4.07. The van der Waals surface area contributed by atoms with Crippen molar-refractivity contribution >= 4 is 29.7 Å².